The fourth-order valence-electron chi connectivity index (χ4n) is 1.14. The van der Waals surface area contributed by atoms with Crippen molar-refractivity contribution < 1.29 is 5.11 Å². The third kappa shape index (κ3) is 2.14. The van der Waals surface area contributed by atoms with Gasteiger partial charge in [-0.05, 0) is 31.9 Å². The van der Waals surface area contributed by atoms with Crippen LogP contribution in [-0.4, -0.2) is 25.7 Å². The predicted molar refractivity (Wildman–Crippen MR) is 57.0 cm³/mol. The third-order valence-electron chi connectivity index (χ3n) is 1.82. The van der Waals surface area contributed by atoms with E-state index < -0.39 is 5.60 Å². The lowest BCUT2D eigenvalue weighted by Crippen LogP contribution is -2.15. The number of para-hydroxylation sites is 1. The van der Waals surface area contributed by atoms with Crippen molar-refractivity contribution in [3.63, 3.8) is 0 Å². The van der Waals surface area contributed by atoms with E-state index in [2.05, 4.69) is 22.3 Å². The molecule has 2 aromatic rings. The normalized spacial score (nSPS) is 11.1. The summed E-state index contributed by atoms with van der Waals surface area (Å²) >= 11 is 0. The first-order valence-corrected chi connectivity index (χ1v) is 4.62. The van der Waals surface area contributed by atoms with E-state index in [0.717, 1.165) is 11.0 Å². The number of aromatic nitrogens is 3. The molecular weight excluding hydrogens is 190 g/mol. The van der Waals surface area contributed by atoms with Gasteiger partial charge in [0.15, 0.2) is 0 Å². The molecule has 1 N–H and O–H groups in total. The summed E-state index contributed by atoms with van der Waals surface area (Å²) in [5.41, 5.74) is 0.615. The highest BCUT2D eigenvalue weighted by molar-refractivity contribution is 5.74. The second-order valence-electron chi connectivity index (χ2n) is 3.79. The zero-order valence-corrected chi connectivity index (χ0v) is 8.60. The quantitative estimate of drug-likeness (QED) is 0.647. The van der Waals surface area contributed by atoms with Crippen LogP contribution in [0.25, 0.3) is 11.0 Å². The molecule has 1 aromatic carbocycles. The van der Waals surface area contributed by atoms with Crippen LogP contribution in [0.15, 0.2) is 24.3 Å². The zero-order chi connectivity index (χ0) is 10.9. The summed E-state index contributed by atoms with van der Waals surface area (Å²) in [5.74, 6) is 2.68. The molecule has 0 atom stereocenters. The van der Waals surface area contributed by atoms with Crippen molar-refractivity contribution >= 4 is 11.0 Å². The molecule has 0 fully saturated rings. The second kappa shape index (κ2) is 3.37. The van der Waals surface area contributed by atoms with Gasteiger partial charge < -0.3 is 5.11 Å². The first-order chi connectivity index (χ1) is 7.06. The minimum Gasteiger partial charge on any atom is -0.378 e. The SMILES string of the molecule is CC(C)(O)C#Cn1nnc2ccccc21. The third-order valence-corrected chi connectivity index (χ3v) is 1.82. The first-order valence-electron chi connectivity index (χ1n) is 4.62. The van der Waals surface area contributed by atoms with Crippen LogP contribution in [0, 0.1) is 12.0 Å². The Morgan fingerprint density at radius 1 is 1.33 bits per heavy atom. The lowest BCUT2D eigenvalue weighted by atomic mass is 10.2. The molecule has 0 saturated carbocycles. The van der Waals surface area contributed by atoms with E-state index in [1.165, 1.54) is 4.68 Å². The van der Waals surface area contributed by atoms with Gasteiger partial charge in [-0.1, -0.05) is 17.3 Å². The highest BCUT2D eigenvalue weighted by Crippen LogP contribution is 2.08. The number of hydrogen-bond acceptors (Lipinski definition) is 3. The predicted octanol–water partition coefficient (Wildman–Crippen LogP) is 1.01. The monoisotopic (exact) mass is 201 g/mol. The topological polar surface area (TPSA) is 50.9 Å². The molecule has 0 unspecified atom stereocenters. The average molecular weight is 201 g/mol. The van der Waals surface area contributed by atoms with Crippen molar-refractivity contribution in [1.29, 1.82) is 0 Å². The van der Waals surface area contributed by atoms with Crippen LogP contribution in [0.2, 0.25) is 0 Å². The Balaban J connectivity index is 2.48. The Morgan fingerprint density at radius 2 is 2.07 bits per heavy atom. The minimum atomic E-state index is -1.02. The van der Waals surface area contributed by atoms with Crippen LogP contribution in [0.1, 0.15) is 13.8 Å². The number of rotatable bonds is 0. The van der Waals surface area contributed by atoms with E-state index in [9.17, 15) is 5.11 Å². The highest BCUT2D eigenvalue weighted by Gasteiger charge is 2.07. The molecule has 0 aliphatic carbocycles. The van der Waals surface area contributed by atoms with Gasteiger partial charge in [-0.25, -0.2) is 0 Å². The fourth-order valence-corrected chi connectivity index (χ4v) is 1.14. The van der Waals surface area contributed by atoms with Gasteiger partial charge in [0, 0.05) is 6.04 Å². The molecular formula is C11H11N3O. The van der Waals surface area contributed by atoms with Crippen molar-refractivity contribution in [2.75, 3.05) is 0 Å². The van der Waals surface area contributed by atoms with Crippen LogP contribution in [-0.2, 0) is 0 Å². The Labute approximate surface area is 87.5 Å². The Morgan fingerprint density at radius 3 is 2.80 bits per heavy atom. The lowest BCUT2D eigenvalue weighted by Gasteiger charge is -2.05. The van der Waals surface area contributed by atoms with Gasteiger partial charge in [-0.15, -0.1) is 5.10 Å². The van der Waals surface area contributed by atoms with Gasteiger partial charge in [-0.2, -0.15) is 4.68 Å². The average Bonchev–Trinajstić information content (AvgIpc) is 2.57. The standard InChI is InChI=1S/C11H11N3O/c1-11(2,15)7-8-14-10-6-4-3-5-9(10)12-13-14/h3-6,15H,1-2H3. The summed E-state index contributed by atoms with van der Waals surface area (Å²) in [6.45, 7) is 3.25. The summed E-state index contributed by atoms with van der Waals surface area (Å²) in [6.07, 6.45) is 0. The van der Waals surface area contributed by atoms with E-state index in [0.29, 0.717) is 0 Å². The van der Waals surface area contributed by atoms with Crippen LogP contribution in [0.3, 0.4) is 0 Å². The van der Waals surface area contributed by atoms with Gasteiger partial charge in [0.1, 0.15) is 16.6 Å². The first kappa shape index (κ1) is 9.69. The van der Waals surface area contributed by atoms with Crippen LogP contribution in [0.5, 0.6) is 0 Å². The number of fused-ring (bicyclic) bond motifs is 1. The lowest BCUT2D eigenvalue weighted by molar-refractivity contribution is 0.143. The zero-order valence-electron chi connectivity index (χ0n) is 8.60. The number of aliphatic hydroxyl groups is 1. The Kier molecular flexibility index (Phi) is 2.18. The summed E-state index contributed by atoms with van der Waals surface area (Å²) in [7, 11) is 0. The van der Waals surface area contributed by atoms with E-state index in [4.69, 9.17) is 0 Å². The molecule has 0 bridgehead atoms. The largest absolute Gasteiger partial charge is 0.378 e. The van der Waals surface area contributed by atoms with Crippen LogP contribution in [0.4, 0.5) is 0 Å². The van der Waals surface area contributed by atoms with Gasteiger partial charge in [0.25, 0.3) is 0 Å². The fraction of sp³-hybridized carbons (Fsp3) is 0.273. The maximum Gasteiger partial charge on any atom is 0.121 e. The van der Waals surface area contributed by atoms with Crippen molar-refractivity contribution in [2.24, 2.45) is 0 Å². The summed E-state index contributed by atoms with van der Waals surface area (Å²) < 4.78 is 1.47. The molecule has 4 nitrogen and oxygen atoms in total. The van der Waals surface area contributed by atoms with Gasteiger partial charge >= 0.3 is 0 Å². The van der Waals surface area contributed by atoms with Crippen molar-refractivity contribution in [3.8, 4) is 12.0 Å². The van der Waals surface area contributed by atoms with Crippen molar-refractivity contribution in [1.82, 2.24) is 15.0 Å². The molecule has 2 rings (SSSR count). The Hall–Kier alpha value is -1.86. The minimum absolute atomic E-state index is 0.794. The van der Waals surface area contributed by atoms with Crippen molar-refractivity contribution in [3.05, 3.63) is 24.3 Å². The maximum absolute atomic E-state index is 9.45. The van der Waals surface area contributed by atoms with E-state index in [1.54, 1.807) is 13.8 Å². The van der Waals surface area contributed by atoms with Crippen LogP contribution >= 0.6 is 0 Å². The molecule has 0 aliphatic heterocycles. The number of nitrogens with zero attached hydrogens (tertiary/aromatic N) is 3. The van der Waals surface area contributed by atoms with Gasteiger partial charge in [0.05, 0.1) is 0 Å². The summed E-state index contributed by atoms with van der Waals surface area (Å²) in [5, 5.41) is 17.3. The number of benzene rings is 1. The molecule has 1 heterocycles. The summed E-state index contributed by atoms with van der Waals surface area (Å²) in [4.78, 5) is 0. The van der Waals surface area contributed by atoms with E-state index >= 15 is 0 Å². The Bertz CT molecular complexity index is 540. The molecule has 0 aliphatic rings. The van der Waals surface area contributed by atoms with E-state index in [1.807, 2.05) is 24.3 Å². The van der Waals surface area contributed by atoms with Gasteiger partial charge in [-0.3, -0.25) is 0 Å². The molecule has 0 radical (unpaired) electrons. The molecule has 15 heavy (non-hydrogen) atoms. The highest BCUT2D eigenvalue weighted by atomic mass is 16.3. The molecule has 0 spiro atoms. The van der Waals surface area contributed by atoms with Gasteiger partial charge in [0.2, 0.25) is 0 Å². The maximum atomic E-state index is 9.45. The second-order valence-corrected chi connectivity index (χ2v) is 3.79. The van der Waals surface area contributed by atoms with E-state index in [-0.39, 0.29) is 0 Å². The number of hydrogen-bond donors (Lipinski definition) is 1. The molecule has 1 aromatic heterocycles. The summed E-state index contributed by atoms with van der Waals surface area (Å²) in [6, 6.07) is 10.3. The van der Waals surface area contributed by atoms with Crippen LogP contribution < -0.4 is 0 Å². The molecule has 76 valence electrons. The molecule has 0 saturated heterocycles. The molecule has 0 amide bonds. The smallest absolute Gasteiger partial charge is 0.121 e. The molecule has 4 heteroatoms. The van der Waals surface area contributed by atoms with Crippen molar-refractivity contribution in [2.45, 2.75) is 19.4 Å².